The van der Waals surface area contributed by atoms with Gasteiger partial charge in [0.1, 0.15) is 11.6 Å². The van der Waals surface area contributed by atoms with E-state index in [1.807, 2.05) is 62.4 Å². The van der Waals surface area contributed by atoms with Gasteiger partial charge in [-0.05, 0) is 48.2 Å². The lowest BCUT2D eigenvalue weighted by atomic mass is 10.1. The number of nitriles is 1. The molecule has 1 heterocycles. The molecule has 0 aliphatic rings. The Labute approximate surface area is 173 Å². The third-order valence-electron chi connectivity index (χ3n) is 4.24. The van der Waals surface area contributed by atoms with Crippen molar-refractivity contribution in [3.8, 4) is 6.07 Å². The summed E-state index contributed by atoms with van der Waals surface area (Å²) >= 11 is 7.56. The molecule has 3 aromatic rings. The zero-order chi connectivity index (χ0) is 20.1. The zero-order valence-electron chi connectivity index (χ0n) is 15.5. The Hall–Kier alpha value is -2.94. The summed E-state index contributed by atoms with van der Waals surface area (Å²) in [4.78, 5) is 17.7. The smallest absolute Gasteiger partial charge is 0.268 e. The Bertz CT molecular complexity index is 1100. The van der Waals surface area contributed by atoms with Gasteiger partial charge in [0, 0.05) is 22.5 Å². The van der Waals surface area contributed by atoms with Crippen LogP contribution in [0.5, 0.6) is 0 Å². The lowest BCUT2D eigenvalue weighted by molar-refractivity contribution is -0.112. The monoisotopic (exact) mass is 407 g/mol. The number of benzene rings is 2. The minimum atomic E-state index is -0.468. The lowest BCUT2D eigenvalue weighted by Gasteiger charge is -2.03. The number of hydrogen-bond donors (Lipinski definition) is 1. The quantitative estimate of drug-likeness (QED) is 0.445. The fourth-order valence-corrected chi connectivity index (χ4v) is 3.66. The molecule has 0 radical (unpaired) electrons. The predicted molar refractivity (Wildman–Crippen MR) is 115 cm³/mol. The Morgan fingerprint density at radius 2 is 2.04 bits per heavy atom. The third-order valence-corrected chi connectivity index (χ3v) is 5.56. The number of anilines is 1. The van der Waals surface area contributed by atoms with Crippen LogP contribution in [-0.4, -0.2) is 10.9 Å². The first kappa shape index (κ1) is 19.8. The molecule has 1 aromatic heterocycles. The Morgan fingerprint density at radius 3 is 2.75 bits per heavy atom. The van der Waals surface area contributed by atoms with Gasteiger partial charge in [-0.3, -0.25) is 10.1 Å². The maximum Gasteiger partial charge on any atom is 0.268 e. The van der Waals surface area contributed by atoms with E-state index in [2.05, 4.69) is 10.3 Å². The van der Waals surface area contributed by atoms with E-state index in [0.717, 1.165) is 32.2 Å². The molecule has 0 atom stereocenters. The maximum atomic E-state index is 12.5. The molecule has 0 aliphatic heterocycles. The lowest BCUT2D eigenvalue weighted by Crippen LogP contribution is -2.13. The predicted octanol–water partition coefficient (Wildman–Crippen LogP) is 5.55. The van der Waals surface area contributed by atoms with Crippen molar-refractivity contribution in [2.24, 2.45) is 0 Å². The van der Waals surface area contributed by atoms with Gasteiger partial charge in [-0.2, -0.15) is 5.26 Å². The van der Waals surface area contributed by atoms with E-state index in [9.17, 15) is 10.1 Å². The van der Waals surface area contributed by atoms with Gasteiger partial charge in [-0.25, -0.2) is 4.98 Å². The molecular formula is C22H18ClN3OS. The first-order valence-electron chi connectivity index (χ1n) is 8.65. The highest BCUT2D eigenvalue weighted by Crippen LogP contribution is 2.24. The first-order valence-corrected chi connectivity index (χ1v) is 9.84. The molecule has 0 bridgehead atoms. The molecule has 4 nitrogen and oxygen atoms in total. The number of amides is 1. The molecule has 0 saturated carbocycles. The summed E-state index contributed by atoms with van der Waals surface area (Å²) in [7, 11) is 0. The summed E-state index contributed by atoms with van der Waals surface area (Å²) in [5, 5.41) is 13.3. The van der Waals surface area contributed by atoms with Crippen LogP contribution in [0.3, 0.4) is 0 Å². The van der Waals surface area contributed by atoms with Crippen molar-refractivity contribution < 1.29 is 4.79 Å². The molecule has 0 aliphatic carbocycles. The summed E-state index contributed by atoms with van der Waals surface area (Å²) in [6, 6.07) is 15.5. The third kappa shape index (κ3) is 4.86. The average molecular weight is 408 g/mol. The number of halogens is 1. The number of rotatable bonds is 5. The highest BCUT2D eigenvalue weighted by molar-refractivity contribution is 7.15. The fraction of sp³-hybridized carbons (Fsp3) is 0.136. The number of aryl methyl sites for hydroxylation is 2. The molecule has 0 fully saturated rings. The van der Waals surface area contributed by atoms with Crippen molar-refractivity contribution in [2.45, 2.75) is 20.3 Å². The van der Waals surface area contributed by atoms with Crippen LogP contribution in [0.25, 0.3) is 6.08 Å². The highest BCUT2D eigenvalue weighted by Gasteiger charge is 2.13. The molecule has 0 saturated heterocycles. The summed E-state index contributed by atoms with van der Waals surface area (Å²) in [5.41, 5.74) is 3.99. The zero-order valence-corrected chi connectivity index (χ0v) is 17.1. The number of carbonyl (C=O) groups is 1. The van der Waals surface area contributed by atoms with Gasteiger partial charge < -0.3 is 0 Å². The van der Waals surface area contributed by atoms with Crippen molar-refractivity contribution in [2.75, 3.05) is 5.32 Å². The van der Waals surface area contributed by atoms with Crippen molar-refractivity contribution in [1.82, 2.24) is 4.98 Å². The molecular weight excluding hydrogens is 390 g/mol. The normalized spacial score (nSPS) is 11.1. The van der Waals surface area contributed by atoms with Gasteiger partial charge in [-0.1, -0.05) is 48.0 Å². The largest absolute Gasteiger partial charge is 0.297 e. The number of nitrogens with zero attached hydrogens (tertiary/aromatic N) is 2. The molecule has 1 amide bonds. The summed E-state index contributed by atoms with van der Waals surface area (Å²) in [5.74, 6) is -0.468. The molecule has 2 aromatic carbocycles. The molecule has 0 spiro atoms. The number of nitrogens with one attached hydrogen (secondary N) is 1. The second-order valence-electron chi connectivity index (χ2n) is 6.37. The van der Waals surface area contributed by atoms with Gasteiger partial charge >= 0.3 is 0 Å². The Balaban J connectivity index is 1.71. The second-order valence-corrected chi connectivity index (χ2v) is 7.89. The van der Waals surface area contributed by atoms with Crippen LogP contribution in [-0.2, 0) is 11.2 Å². The van der Waals surface area contributed by atoms with Crippen molar-refractivity contribution in [1.29, 1.82) is 5.26 Å². The number of aromatic nitrogens is 1. The molecule has 140 valence electrons. The highest BCUT2D eigenvalue weighted by atomic mass is 35.5. The number of carbonyl (C=O) groups excluding carboxylic acids is 1. The molecule has 0 unspecified atom stereocenters. The van der Waals surface area contributed by atoms with E-state index < -0.39 is 5.91 Å². The molecule has 1 N–H and O–H groups in total. The van der Waals surface area contributed by atoms with Gasteiger partial charge in [0.2, 0.25) is 0 Å². The topological polar surface area (TPSA) is 65.8 Å². The van der Waals surface area contributed by atoms with Crippen molar-refractivity contribution >= 4 is 40.1 Å². The average Bonchev–Trinajstić information content (AvgIpc) is 3.10. The summed E-state index contributed by atoms with van der Waals surface area (Å²) in [6.45, 7) is 3.90. The molecule has 3 rings (SSSR count). The number of hydrogen-bond acceptors (Lipinski definition) is 4. The van der Waals surface area contributed by atoms with E-state index in [1.165, 1.54) is 11.3 Å². The fourth-order valence-electron chi connectivity index (χ4n) is 2.61. The maximum absolute atomic E-state index is 12.5. The van der Waals surface area contributed by atoms with E-state index in [4.69, 9.17) is 11.6 Å². The van der Waals surface area contributed by atoms with E-state index >= 15 is 0 Å². The molecule has 28 heavy (non-hydrogen) atoms. The van der Waals surface area contributed by atoms with E-state index in [-0.39, 0.29) is 5.57 Å². The standard InChI is InChI=1S/C22H18ClN3OS/c1-14-5-3-4-6-17(14)11-18(12-24)21(27)26-22-25-13-19(28-22)9-16-8-7-15(2)20(23)10-16/h3-8,10-11,13H,9H2,1-2H3,(H,25,26,27)/b18-11+. The van der Waals surface area contributed by atoms with Gasteiger partial charge in [0.05, 0.1) is 0 Å². The van der Waals surface area contributed by atoms with Gasteiger partial charge in [0.15, 0.2) is 5.13 Å². The van der Waals surface area contributed by atoms with Crippen LogP contribution in [0.4, 0.5) is 5.13 Å². The molecule has 6 heteroatoms. The summed E-state index contributed by atoms with van der Waals surface area (Å²) < 4.78 is 0. The van der Waals surface area contributed by atoms with Crippen molar-refractivity contribution in [3.63, 3.8) is 0 Å². The van der Waals surface area contributed by atoms with Crippen LogP contribution in [0, 0.1) is 25.2 Å². The van der Waals surface area contributed by atoms with Crippen LogP contribution < -0.4 is 5.32 Å². The Morgan fingerprint density at radius 1 is 1.25 bits per heavy atom. The van der Waals surface area contributed by atoms with Crippen LogP contribution >= 0.6 is 22.9 Å². The van der Waals surface area contributed by atoms with E-state index in [0.29, 0.717) is 11.6 Å². The minimum absolute atomic E-state index is 0.0383. The Kier molecular flexibility index (Phi) is 6.25. The minimum Gasteiger partial charge on any atom is -0.297 e. The van der Waals surface area contributed by atoms with Crippen LogP contribution in [0.2, 0.25) is 5.02 Å². The summed E-state index contributed by atoms with van der Waals surface area (Å²) in [6.07, 6.45) is 4.00. The van der Waals surface area contributed by atoms with Crippen LogP contribution in [0.15, 0.2) is 54.2 Å². The van der Waals surface area contributed by atoms with Gasteiger partial charge in [-0.15, -0.1) is 11.3 Å². The number of thiazole rings is 1. The van der Waals surface area contributed by atoms with E-state index in [1.54, 1.807) is 12.3 Å². The second kappa shape index (κ2) is 8.83. The first-order chi connectivity index (χ1) is 13.5. The van der Waals surface area contributed by atoms with Gasteiger partial charge in [0.25, 0.3) is 5.91 Å². The SMILES string of the molecule is Cc1ccc(Cc2cnc(NC(=O)/C(C#N)=C/c3ccccc3C)s2)cc1Cl. The van der Waals surface area contributed by atoms with Crippen molar-refractivity contribution in [3.05, 3.63) is 86.4 Å². The van der Waals surface area contributed by atoms with Crippen LogP contribution in [0.1, 0.15) is 27.1 Å².